The smallest absolute Gasteiger partial charge is 0.242 e. The van der Waals surface area contributed by atoms with Gasteiger partial charge in [0.2, 0.25) is 18.1 Å². The summed E-state index contributed by atoms with van der Waals surface area (Å²) in [5.74, 6) is -1.12. The van der Waals surface area contributed by atoms with E-state index in [1.165, 1.54) is 12.1 Å². The lowest BCUT2D eigenvalue weighted by atomic mass is 10.0. The lowest BCUT2D eigenvalue weighted by molar-refractivity contribution is -0.129. The zero-order chi connectivity index (χ0) is 20.2. The molecule has 10 nitrogen and oxygen atoms in total. The van der Waals surface area contributed by atoms with Crippen LogP contribution < -0.4 is 27.4 Å². The van der Waals surface area contributed by atoms with E-state index in [0.717, 1.165) is 5.56 Å². The molecule has 0 aromatic heterocycles. The third-order valence-electron chi connectivity index (χ3n) is 3.68. The molecule has 9 N–H and O–H groups in total. The highest BCUT2D eigenvalue weighted by atomic mass is 16.3. The third kappa shape index (κ3) is 8.68. The van der Waals surface area contributed by atoms with Gasteiger partial charge in [0, 0.05) is 6.54 Å². The van der Waals surface area contributed by atoms with Gasteiger partial charge in [-0.05, 0) is 37.0 Å². The molecule has 0 saturated carbocycles. The number of hydrogen-bond acceptors (Lipinski definition) is 6. The monoisotopic (exact) mass is 377 g/mol. The van der Waals surface area contributed by atoms with Crippen LogP contribution in [0.3, 0.4) is 0 Å². The molecule has 1 radical (unpaired) electrons. The summed E-state index contributed by atoms with van der Waals surface area (Å²) in [6, 6.07) is 4.52. The number of phenols is 1. The predicted molar refractivity (Wildman–Crippen MR) is 99.6 cm³/mol. The Bertz CT molecular complexity index is 649. The second-order valence-corrected chi connectivity index (χ2v) is 5.88. The van der Waals surface area contributed by atoms with Crippen molar-refractivity contribution in [1.29, 1.82) is 5.41 Å². The molecule has 2 atom stereocenters. The first kappa shape index (κ1) is 21.9. The van der Waals surface area contributed by atoms with Crippen molar-refractivity contribution in [2.45, 2.75) is 31.3 Å². The minimum absolute atomic E-state index is 0.111. The summed E-state index contributed by atoms with van der Waals surface area (Å²) in [6.07, 6.45) is 2.50. The quantitative estimate of drug-likeness (QED) is 0.135. The lowest BCUT2D eigenvalue weighted by Gasteiger charge is -2.20. The SMILES string of the molecule is N=C(N)NCCC[C@H](NC(=O)[C@@H](N)Cc1ccc(O)cc1)C(=O)NC[C]=O. The van der Waals surface area contributed by atoms with Crippen LogP contribution >= 0.6 is 0 Å². The van der Waals surface area contributed by atoms with E-state index < -0.39 is 23.9 Å². The number of hydrogen-bond donors (Lipinski definition) is 7. The van der Waals surface area contributed by atoms with Gasteiger partial charge in [-0.3, -0.25) is 19.8 Å². The Morgan fingerprint density at radius 1 is 1.19 bits per heavy atom. The van der Waals surface area contributed by atoms with Crippen LogP contribution in [0, 0.1) is 5.41 Å². The van der Waals surface area contributed by atoms with Crippen molar-refractivity contribution in [3.8, 4) is 5.75 Å². The van der Waals surface area contributed by atoms with Gasteiger partial charge in [-0.2, -0.15) is 0 Å². The van der Waals surface area contributed by atoms with Gasteiger partial charge in [0.25, 0.3) is 0 Å². The Morgan fingerprint density at radius 2 is 1.85 bits per heavy atom. The van der Waals surface area contributed by atoms with Gasteiger partial charge in [-0.1, -0.05) is 12.1 Å². The van der Waals surface area contributed by atoms with Crippen molar-refractivity contribution in [1.82, 2.24) is 16.0 Å². The molecule has 0 spiro atoms. The van der Waals surface area contributed by atoms with Gasteiger partial charge >= 0.3 is 0 Å². The molecule has 1 rings (SSSR count). The average Bonchev–Trinajstić information content (AvgIpc) is 2.63. The minimum atomic E-state index is -0.891. The van der Waals surface area contributed by atoms with Crippen molar-refractivity contribution in [2.75, 3.05) is 13.1 Å². The Hall–Kier alpha value is -3.14. The highest BCUT2D eigenvalue weighted by Gasteiger charge is 2.23. The van der Waals surface area contributed by atoms with Crippen LogP contribution in [-0.2, 0) is 20.8 Å². The Labute approximate surface area is 157 Å². The Morgan fingerprint density at radius 3 is 2.44 bits per heavy atom. The van der Waals surface area contributed by atoms with E-state index in [4.69, 9.17) is 16.9 Å². The summed E-state index contributed by atoms with van der Waals surface area (Å²) in [4.78, 5) is 34.8. The summed E-state index contributed by atoms with van der Waals surface area (Å²) in [5, 5.41) is 23.9. The number of nitrogens with two attached hydrogens (primary N) is 2. The molecule has 0 aliphatic heterocycles. The summed E-state index contributed by atoms with van der Waals surface area (Å²) in [5.41, 5.74) is 11.9. The number of carbonyl (C=O) groups excluding carboxylic acids is 3. The summed E-state index contributed by atoms with van der Waals surface area (Å²) >= 11 is 0. The van der Waals surface area contributed by atoms with Crippen molar-refractivity contribution in [3.05, 3.63) is 29.8 Å². The highest BCUT2D eigenvalue weighted by molar-refractivity contribution is 5.90. The Kier molecular flexibility index (Phi) is 9.30. The zero-order valence-corrected chi connectivity index (χ0v) is 14.8. The number of carbonyl (C=O) groups is 2. The fourth-order valence-electron chi connectivity index (χ4n) is 2.30. The molecule has 0 bridgehead atoms. The van der Waals surface area contributed by atoms with Crippen LogP contribution in [-0.4, -0.2) is 54.3 Å². The molecule has 27 heavy (non-hydrogen) atoms. The summed E-state index contributed by atoms with van der Waals surface area (Å²) in [6.45, 7) is 0.0742. The molecule has 1 aromatic carbocycles. The molecule has 0 unspecified atom stereocenters. The fraction of sp³-hybridized carbons (Fsp3) is 0.412. The van der Waals surface area contributed by atoms with Crippen molar-refractivity contribution in [2.24, 2.45) is 11.5 Å². The maximum Gasteiger partial charge on any atom is 0.242 e. The standard InChI is InChI=1S/C17H25N6O4/c18-13(10-11-3-5-12(25)6-4-11)15(26)23-14(16(27)21-8-9-24)2-1-7-22-17(19)20/h3-6,13-14,25H,1-2,7-8,10,18H2,(H,21,27)(H,23,26)(H4,19,20,22)/t13-,14-/m0/s1. The van der Waals surface area contributed by atoms with Gasteiger partial charge in [0.15, 0.2) is 5.96 Å². The lowest BCUT2D eigenvalue weighted by Crippen LogP contribution is -2.52. The molecule has 2 amide bonds. The number of phenolic OH excluding ortho intramolecular Hbond substituents is 1. The topological polar surface area (TPSA) is 183 Å². The molecule has 1 aromatic rings. The molecule has 0 aliphatic carbocycles. The summed E-state index contributed by atoms with van der Waals surface area (Å²) in [7, 11) is 0. The Balaban J connectivity index is 2.62. The first-order chi connectivity index (χ1) is 12.8. The number of guanidine groups is 1. The minimum Gasteiger partial charge on any atom is -0.508 e. The van der Waals surface area contributed by atoms with E-state index in [-0.39, 0.29) is 31.1 Å². The molecular formula is C17H25N6O4. The number of amides is 2. The second kappa shape index (κ2) is 11.5. The maximum atomic E-state index is 12.3. The molecule has 0 aliphatic rings. The van der Waals surface area contributed by atoms with E-state index in [9.17, 15) is 19.5 Å². The first-order valence-corrected chi connectivity index (χ1v) is 8.38. The number of nitrogens with one attached hydrogen (secondary N) is 4. The van der Waals surface area contributed by atoms with Crippen molar-refractivity contribution in [3.63, 3.8) is 0 Å². The van der Waals surface area contributed by atoms with Crippen LogP contribution in [0.1, 0.15) is 18.4 Å². The van der Waals surface area contributed by atoms with E-state index in [1.54, 1.807) is 18.4 Å². The predicted octanol–water partition coefficient (Wildman–Crippen LogP) is -1.76. The van der Waals surface area contributed by atoms with E-state index >= 15 is 0 Å². The molecular weight excluding hydrogens is 352 g/mol. The number of rotatable bonds is 11. The fourth-order valence-corrected chi connectivity index (χ4v) is 2.30. The normalized spacial score (nSPS) is 12.5. The largest absolute Gasteiger partial charge is 0.508 e. The molecule has 0 saturated heterocycles. The van der Waals surface area contributed by atoms with Crippen molar-refractivity contribution < 1.29 is 19.5 Å². The van der Waals surface area contributed by atoms with Gasteiger partial charge in [-0.15, -0.1) is 0 Å². The molecule has 0 fully saturated rings. The van der Waals surface area contributed by atoms with Crippen LogP contribution in [0.15, 0.2) is 24.3 Å². The number of benzene rings is 1. The maximum absolute atomic E-state index is 12.3. The van der Waals surface area contributed by atoms with Gasteiger partial charge in [0.05, 0.1) is 12.6 Å². The van der Waals surface area contributed by atoms with Crippen LogP contribution in [0.25, 0.3) is 0 Å². The first-order valence-electron chi connectivity index (χ1n) is 8.38. The molecule has 147 valence electrons. The summed E-state index contributed by atoms with van der Waals surface area (Å²) < 4.78 is 0. The van der Waals surface area contributed by atoms with Crippen LogP contribution in [0.2, 0.25) is 0 Å². The van der Waals surface area contributed by atoms with Crippen LogP contribution in [0.5, 0.6) is 5.75 Å². The zero-order valence-electron chi connectivity index (χ0n) is 14.8. The van der Waals surface area contributed by atoms with E-state index in [1.807, 2.05) is 0 Å². The van der Waals surface area contributed by atoms with Gasteiger partial charge < -0.3 is 32.5 Å². The average molecular weight is 377 g/mol. The number of aromatic hydroxyl groups is 1. The van der Waals surface area contributed by atoms with E-state index in [2.05, 4.69) is 16.0 Å². The molecule has 0 heterocycles. The van der Waals surface area contributed by atoms with Crippen LogP contribution in [0.4, 0.5) is 0 Å². The molecule has 10 heteroatoms. The van der Waals surface area contributed by atoms with Gasteiger partial charge in [-0.25, -0.2) is 0 Å². The third-order valence-corrected chi connectivity index (χ3v) is 3.68. The van der Waals surface area contributed by atoms with Gasteiger partial charge in [0.1, 0.15) is 11.8 Å². The van der Waals surface area contributed by atoms with E-state index in [0.29, 0.717) is 13.0 Å². The van der Waals surface area contributed by atoms with Crippen molar-refractivity contribution >= 4 is 24.1 Å². The second-order valence-electron chi connectivity index (χ2n) is 5.88. The highest BCUT2D eigenvalue weighted by Crippen LogP contribution is 2.11.